The Hall–Kier alpha value is -3.16. The Labute approximate surface area is 131 Å². The molecular formula is C15H16N4O4. The molecule has 3 N–H and O–H groups in total. The molecule has 0 saturated heterocycles. The molecule has 0 radical (unpaired) electrons. The highest BCUT2D eigenvalue weighted by Gasteiger charge is 2.09. The number of carbonyl (C=O) groups is 1. The van der Waals surface area contributed by atoms with Gasteiger partial charge >= 0.3 is 0 Å². The summed E-state index contributed by atoms with van der Waals surface area (Å²) in [5, 5.41) is 13.8. The quantitative estimate of drug-likeness (QED) is 0.614. The number of benzene rings is 1. The van der Waals surface area contributed by atoms with E-state index in [1.807, 2.05) is 0 Å². The molecule has 0 aliphatic heterocycles. The predicted octanol–water partition coefficient (Wildman–Crippen LogP) is 1.28. The number of hydrogen-bond acceptors (Lipinski definition) is 5. The normalized spacial score (nSPS) is 10.3. The lowest BCUT2D eigenvalue weighted by atomic mass is 10.1. The summed E-state index contributed by atoms with van der Waals surface area (Å²) < 4.78 is 1.26. The van der Waals surface area contributed by atoms with Crippen LogP contribution >= 0.6 is 0 Å². The summed E-state index contributed by atoms with van der Waals surface area (Å²) in [5.41, 5.74) is 6.69. The summed E-state index contributed by atoms with van der Waals surface area (Å²) in [6.07, 6.45) is 1.21. The van der Waals surface area contributed by atoms with Crippen molar-refractivity contribution < 1.29 is 9.72 Å². The minimum Gasteiger partial charge on any atom is -0.383 e. The standard InChI is InChI=1S/C15H16N4O4/c1-10-12(15(16)21)3-2-4-13(10)17-7-8-18-9-11(19(22)23)5-6-14(18)20/h2-6,9,17H,7-8H2,1H3,(H2,16,21). The summed E-state index contributed by atoms with van der Waals surface area (Å²) in [4.78, 5) is 33.2. The van der Waals surface area contributed by atoms with Crippen LogP contribution in [0.5, 0.6) is 0 Å². The molecule has 1 heterocycles. The SMILES string of the molecule is Cc1c(NCCn2cc([N+](=O)[O-])ccc2=O)cccc1C(N)=O. The van der Waals surface area contributed by atoms with E-state index >= 15 is 0 Å². The topological polar surface area (TPSA) is 120 Å². The van der Waals surface area contributed by atoms with Crippen molar-refractivity contribution in [2.45, 2.75) is 13.5 Å². The van der Waals surface area contributed by atoms with Gasteiger partial charge in [0.25, 0.3) is 11.2 Å². The lowest BCUT2D eigenvalue weighted by molar-refractivity contribution is -0.385. The van der Waals surface area contributed by atoms with Crippen LogP contribution in [0.15, 0.2) is 41.3 Å². The minimum atomic E-state index is -0.552. The first-order valence-corrected chi connectivity index (χ1v) is 6.88. The molecule has 0 bridgehead atoms. The number of amides is 1. The number of nitrogens with one attached hydrogen (secondary N) is 1. The van der Waals surface area contributed by atoms with Crippen LogP contribution < -0.4 is 16.6 Å². The van der Waals surface area contributed by atoms with Gasteiger partial charge in [-0.3, -0.25) is 19.7 Å². The largest absolute Gasteiger partial charge is 0.383 e. The summed E-state index contributed by atoms with van der Waals surface area (Å²) in [7, 11) is 0. The van der Waals surface area contributed by atoms with Gasteiger partial charge in [0.15, 0.2) is 0 Å². The van der Waals surface area contributed by atoms with E-state index in [-0.39, 0.29) is 17.8 Å². The number of aromatic nitrogens is 1. The molecule has 23 heavy (non-hydrogen) atoms. The van der Waals surface area contributed by atoms with Crippen molar-refractivity contribution in [2.75, 3.05) is 11.9 Å². The Morgan fingerprint density at radius 2 is 2.09 bits per heavy atom. The molecule has 1 amide bonds. The van der Waals surface area contributed by atoms with Crippen molar-refractivity contribution in [1.29, 1.82) is 0 Å². The lowest BCUT2D eigenvalue weighted by Gasteiger charge is -2.12. The van der Waals surface area contributed by atoms with E-state index in [1.165, 1.54) is 16.8 Å². The zero-order valence-electron chi connectivity index (χ0n) is 12.5. The van der Waals surface area contributed by atoms with E-state index < -0.39 is 10.8 Å². The average molecular weight is 316 g/mol. The number of carbonyl (C=O) groups excluding carboxylic acids is 1. The summed E-state index contributed by atoms with van der Waals surface area (Å²) >= 11 is 0. The number of hydrogen-bond donors (Lipinski definition) is 2. The van der Waals surface area contributed by atoms with Crippen molar-refractivity contribution in [3.8, 4) is 0 Å². The van der Waals surface area contributed by atoms with Gasteiger partial charge in [0.2, 0.25) is 5.91 Å². The van der Waals surface area contributed by atoms with E-state index in [4.69, 9.17) is 5.73 Å². The fraction of sp³-hybridized carbons (Fsp3) is 0.200. The second-order valence-electron chi connectivity index (χ2n) is 4.95. The predicted molar refractivity (Wildman–Crippen MR) is 85.5 cm³/mol. The zero-order chi connectivity index (χ0) is 17.0. The van der Waals surface area contributed by atoms with Crippen molar-refractivity contribution in [1.82, 2.24) is 4.57 Å². The molecule has 8 nitrogen and oxygen atoms in total. The Morgan fingerprint density at radius 3 is 2.74 bits per heavy atom. The van der Waals surface area contributed by atoms with Gasteiger partial charge in [0.05, 0.1) is 11.1 Å². The van der Waals surface area contributed by atoms with Crippen molar-refractivity contribution in [2.24, 2.45) is 5.73 Å². The number of nitrogens with two attached hydrogens (primary N) is 1. The first kappa shape index (κ1) is 16.2. The highest BCUT2D eigenvalue weighted by molar-refractivity contribution is 5.95. The summed E-state index contributed by atoms with van der Waals surface area (Å²) in [6.45, 7) is 2.38. The smallest absolute Gasteiger partial charge is 0.285 e. The fourth-order valence-corrected chi connectivity index (χ4v) is 2.21. The molecule has 2 aromatic rings. The number of primary amides is 1. The van der Waals surface area contributed by atoms with Crippen LogP contribution in [0.4, 0.5) is 11.4 Å². The van der Waals surface area contributed by atoms with Crippen LogP contribution in [0, 0.1) is 17.0 Å². The van der Waals surface area contributed by atoms with E-state index in [9.17, 15) is 19.7 Å². The second kappa shape index (κ2) is 6.73. The molecule has 0 aliphatic rings. The van der Waals surface area contributed by atoms with Crippen LogP contribution in [-0.4, -0.2) is 21.9 Å². The maximum atomic E-state index is 11.7. The van der Waals surface area contributed by atoms with Gasteiger partial charge in [0.1, 0.15) is 0 Å². The molecule has 120 valence electrons. The van der Waals surface area contributed by atoms with Crippen LogP contribution in [0.2, 0.25) is 0 Å². The third-order valence-electron chi connectivity index (χ3n) is 3.45. The van der Waals surface area contributed by atoms with Gasteiger partial charge in [-0.2, -0.15) is 0 Å². The van der Waals surface area contributed by atoms with Gasteiger partial charge < -0.3 is 15.6 Å². The zero-order valence-corrected chi connectivity index (χ0v) is 12.5. The molecule has 0 aliphatic carbocycles. The molecule has 0 saturated carbocycles. The number of nitro groups is 1. The van der Waals surface area contributed by atoms with Crippen molar-refractivity contribution in [3.05, 3.63) is 68.1 Å². The molecule has 0 unspecified atom stereocenters. The van der Waals surface area contributed by atoms with E-state index in [1.54, 1.807) is 25.1 Å². The van der Waals surface area contributed by atoms with Crippen LogP contribution in [-0.2, 0) is 6.54 Å². The maximum Gasteiger partial charge on any atom is 0.285 e. The van der Waals surface area contributed by atoms with Crippen molar-refractivity contribution >= 4 is 17.3 Å². The molecular weight excluding hydrogens is 300 g/mol. The first-order valence-electron chi connectivity index (χ1n) is 6.88. The molecule has 0 fully saturated rings. The third kappa shape index (κ3) is 3.73. The Balaban J connectivity index is 2.10. The first-order chi connectivity index (χ1) is 10.9. The minimum absolute atomic E-state index is 0.142. The van der Waals surface area contributed by atoms with Crippen LogP contribution in [0.1, 0.15) is 15.9 Å². The molecule has 8 heteroatoms. The monoisotopic (exact) mass is 316 g/mol. The average Bonchev–Trinajstić information content (AvgIpc) is 2.50. The Kier molecular flexibility index (Phi) is 4.75. The van der Waals surface area contributed by atoms with Crippen LogP contribution in [0.25, 0.3) is 0 Å². The van der Waals surface area contributed by atoms with Gasteiger partial charge in [-0.05, 0) is 24.6 Å². The number of pyridine rings is 1. The molecule has 2 rings (SSSR count). The molecule has 0 atom stereocenters. The number of rotatable bonds is 6. The lowest BCUT2D eigenvalue weighted by Crippen LogP contribution is -2.23. The van der Waals surface area contributed by atoms with Gasteiger partial charge in [-0.15, -0.1) is 0 Å². The van der Waals surface area contributed by atoms with E-state index in [0.717, 1.165) is 11.8 Å². The highest BCUT2D eigenvalue weighted by atomic mass is 16.6. The van der Waals surface area contributed by atoms with Crippen LogP contribution in [0.3, 0.4) is 0 Å². The second-order valence-corrected chi connectivity index (χ2v) is 4.95. The van der Waals surface area contributed by atoms with Crippen molar-refractivity contribution in [3.63, 3.8) is 0 Å². The Bertz CT molecular complexity index is 813. The van der Waals surface area contributed by atoms with E-state index in [0.29, 0.717) is 17.7 Å². The van der Waals surface area contributed by atoms with Gasteiger partial charge in [-0.1, -0.05) is 6.07 Å². The fourth-order valence-electron chi connectivity index (χ4n) is 2.21. The highest BCUT2D eigenvalue weighted by Crippen LogP contribution is 2.18. The van der Waals surface area contributed by atoms with Gasteiger partial charge in [0, 0.05) is 36.5 Å². The van der Waals surface area contributed by atoms with E-state index in [2.05, 4.69) is 5.32 Å². The van der Waals surface area contributed by atoms with Gasteiger partial charge in [-0.25, -0.2) is 0 Å². The molecule has 1 aromatic heterocycles. The third-order valence-corrected chi connectivity index (χ3v) is 3.45. The molecule has 1 aromatic carbocycles. The maximum absolute atomic E-state index is 11.7. The Morgan fingerprint density at radius 1 is 1.35 bits per heavy atom. The number of anilines is 1. The molecule has 0 spiro atoms. The summed E-state index contributed by atoms with van der Waals surface area (Å²) in [6, 6.07) is 7.46. The summed E-state index contributed by atoms with van der Waals surface area (Å²) in [5.74, 6) is -0.513. The number of nitrogens with zero attached hydrogens (tertiary/aromatic N) is 2.